The van der Waals surface area contributed by atoms with Crippen molar-refractivity contribution in [2.24, 2.45) is 0 Å². The van der Waals surface area contributed by atoms with Gasteiger partial charge in [0.25, 0.3) is 0 Å². The average Bonchev–Trinajstić information content (AvgIpc) is 2.09. The summed E-state index contributed by atoms with van der Waals surface area (Å²) in [5.41, 5.74) is 5.40. The lowest BCUT2D eigenvalue weighted by Gasteiger charge is -2.03. The van der Waals surface area contributed by atoms with E-state index in [1.54, 1.807) is 0 Å². The molecule has 1 rings (SSSR count). The van der Waals surface area contributed by atoms with Crippen LogP contribution < -0.4 is 5.48 Å². The zero-order valence-corrected chi connectivity index (χ0v) is 7.63. The lowest BCUT2D eigenvalue weighted by molar-refractivity contribution is 0.0463. The Morgan fingerprint density at radius 2 is 1.92 bits per heavy atom. The second-order valence-electron chi connectivity index (χ2n) is 2.74. The van der Waals surface area contributed by atoms with Crippen LogP contribution in [0.4, 0.5) is 0 Å². The number of nitrogens with one attached hydrogen (secondary N) is 1. The molecule has 0 spiro atoms. The normalized spacial score (nSPS) is 10.2. The van der Waals surface area contributed by atoms with Crippen LogP contribution in [0.25, 0.3) is 0 Å². The Morgan fingerprint density at radius 3 is 2.50 bits per heavy atom. The summed E-state index contributed by atoms with van der Waals surface area (Å²) in [6, 6.07) is 8.40. The van der Waals surface area contributed by atoms with Crippen LogP contribution in [0.15, 0.2) is 24.3 Å². The molecule has 0 saturated carbocycles. The van der Waals surface area contributed by atoms with Crippen LogP contribution in [-0.2, 0) is 11.4 Å². The van der Waals surface area contributed by atoms with E-state index in [2.05, 4.69) is 36.7 Å². The third-order valence-corrected chi connectivity index (χ3v) is 1.64. The van der Waals surface area contributed by atoms with Gasteiger partial charge in [-0.3, -0.25) is 0 Å². The van der Waals surface area contributed by atoms with Crippen molar-refractivity contribution >= 4 is 0 Å². The molecule has 0 atom stereocenters. The molecule has 2 heteroatoms. The van der Waals surface area contributed by atoms with Gasteiger partial charge >= 0.3 is 0 Å². The van der Waals surface area contributed by atoms with E-state index in [4.69, 9.17) is 4.84 Å². The molecule has 0 aliphatic heterocycles. The van der Waals surface area contributed by atoms with Gasteiger partial charge in [-0.05, 0) is 19.4 Å². The number of hydrogen-bond donors (Lipinski definition) is 1. The number of rotatable bonds is 4. The minimum absolute atomic E-state index is 0.700. The molecular formula is C10H15NO. The van der Waals surface area contributed by atoms with Crippen LogP contribution in [0, 0.1) is 6.92 Å². The average molecular weight is 165 g/mol. The fraction of sp³-hybridized carbons (Fsp3) is 0.400. The van der Waals surface area contributed by atoms with Crippen molar-refractivity contribution in [1.29, 1.82) is 0 Å². The fourth-order valence-corrected chi connectivity index (χ4v) is 0.942. The van der Waals surface area contributed by atoms with Crippen LogP contribution >= 0.6 is 0 Å². The van der Waals surface area contributed by atoms with E-state index in [1.807, 2.05) is 6.92 Å². The number of hydroxylamine groups is 1. The Labute approximate surface area is 73.5 Å². The zero-order valence-electron chi connectivity index (χ0n) is 7.63. The van der Waals surface area contributed by atoms with Crippen LogP contribution in [0.2, 0.25) is 0 Å². The SMILES string of the molecule is CCONCc1ccc(C)cc1. The maximum atomic E-state index is 5.02. The van der Waals surface area contributed by atoms with Crippen LogP contribution in [-0.4, -0.2) is 6.61 Å². The summed E-state index contributed by atoms with van der Waals surface area (Å²) in [6.07, 6.45) is 0. The highest BCUT2D eigenvalue weighted by atomic mass is 16.6. The predicted octanol–water partition coefficient (Wildman–Crippen LogP) is 2.04. The van der Waals surface area contributed by atoms with Crippen molar-refractivity contribution in [3.8, 4) is 0 Å². The first-order valence-corrected chi connectivity index (χ1v) is 4.23. The molecule has 0 aliphatic rings. The Hall–Kier alpha value is -0.860. The van der Waals surface area contributed by atoms with Crippen LogP contribution in [0.1, 0.15) is 18.1 Å². The Bertz CT molecular complexity index is 218. The molecule has 0 heterocycles. The van der Waals surface area contributed by atoms with E-state index in [0.717, 1.165) is 6.54 Å². The fourth-order valence-electron chi connectivity index (χ4n) is 0.942. The third kappa shape index (κ3) is 3.03. The molecule has 0 aromatic heterocycles. The van der Waals surface area contributed by atoms with Crippen LogP contribution in [0.5, 0.6) is 0 Å². The molecule has 0 fully saturated rings. The first-order valence-electron chi connectivity index (χ1n) is 4.23. The lowest BCUT2D eigenvalue weighted by Crippen LogP contribution is -2.13. The molecule has 0 unspecified atom stereocenters. The highest BCUT2D eigenvalue weighted by Gasteiger charge is 1.90. The lowest BCUT2D eigenvalue weighted by atomic mass is 10.2. The van der Waals surface area contributed by atoms with Gasteiger partial charge in [0.05, 0.1) is 6.61 Å². The summed E-state index contributed by atoms with van der Waals surface area (Å²) in [5.74, 6) is 0. The maximum absolute atomic E-state index is 5.02. The van der Waals surface area contributed by atoms with E-state index in [-0.39, 0.29) is 0 Å². The second-order valence-corrected chi connectivity index (χ2v) is 2.74. The molecule has 12 heavy (non-hydrogen) atoms. The summed E-state index contributed by atoms with van der Waals surface area (Å²) in [5, 5.41) is 0. The van der Waals surface area contributed by atoms with Gasteiger partial charge < -0.3 is 4.84 Å². The highest BCUT2D eigenvalue weighted by Crippen LogP contribution is 2.01. The van der Waals surface area contributed by atoms with Gasteiger partial charge in [-0.15, -0.1) is 0 Å². The van der Waals surface area contributed by atoms with Gasteiger partial charge in [0.1, 0.15) is 0 Å². The zero-order chi connectivity index (χ0) is 8.81. The molecule has 2 nitrogen and oxygen atoms in total. The molecule has 1 aromatic rings. The van der Waals surface area contributed by atoms with Gasteiger partial charge in [0.15, 0.2) is 0 Å². The maximum Gasteiger partial charge on any atom is 0.0654 e. The van der Waals surface area contributed by atoms with Crippen molar-refractivity contribution < 1.29 is 4.84 Å². The van der Waals surface area contributed by atoms with Crippen molar-refractivity contribution in [3.63, 3.8) is 0 Å². The third-order valence-electron chi connectivity index (χ3n) is 1.64. The monoisotopic (exact) mass is 165 g/mol. The molecule has 0 saturated heterocycles. The summed E-state index contributed by atoms with van der Waals surface area (Å²) >= 11 is 0. The van der Waals surface area contributed by atoms with Crippen molar-refractivity contribution in [3.05, 3.63) is 35.4 Å². The van der Waals surface area contributed by atoms with Gasteiger partial charge in [-0.2, -0.15) is 5.48 Å². The molecule has 0 aliphatic carbocycles. The van der Waals surface area contributed by atoms with Gasteiger partial charge in [0, 0.05) is 6.54 Å². The van der Waals surface area contributed by atoms with E-state index < -0.39 is 0 Å². The van der Waals surface area contributed by atoms with Crippen molar-refractivity contribution in [2.45, 2.75) is 20.4 Å². The van der Waals surface area contributed by atoms with Gasteiger partial charge in [-0.1, -0.05) is 29.8 Å². The largest absolute Gasteiger partial charge is 0.302 e. The molecule has 0 radical (unpaired) electrons. The molecule has 0 amide bonds. The smallest absolute Gasteiger partial charge is 0.0654 e. The minimum Gasteiger partial charge on any atom is -0.302 e. The first kappa shape index (κ1) is 9.23. The summed E-state index contributed by atoms with van der Waals surface area (Å²) in [7, 11) is 0. The van der Waals surface area contributed by atoms with E-state index >= 15 is 0 Å². The van der Waals surface area contributed by atoms with E-state index in [1.165, 1.54) is 11.1 Å². The summed E-state index contributed by atoms with van der Waals surface area (Å²) in [6.45, 7) is 5.52. The topological polar surface area (TPSA) is 21.3 Å². The van der Waals surface area contributed by atoms with Crippen molar-refractivity contribution in [1.82, 2.24) is 5.48 Å². The van der Waals surface area contributed by atoms with E-state index in [0.29, 0.717) is 6.61 Å². The minimum atomic E-state index is 0.700. The van der Waals surface area contributed by atoms with Crippen molar-refractivity contribution in [2.75, 3.05) is 6.61 Å². The molecule has 1 aromatic carbocycles. The Balaban J connectivity index is 2.37. The molecule has 66 valence electrons. The number of aryl methyl sites for hydroxylation is 1. The van der Waals surface area contributed by atoms with Gasteiger partial charge in [-0.25, -0.2) is 0 Å². The summed E-state index contributed by atoms with van der Waals surface area (Å²) < 4.78 is 0. The number of hydrogen-bond acceptors (Lipinski definition) is 2. The standard InChI is InChI=1S/C10H15NO/c1-3-12-11-8-10-6-4-9(2)5-7-10/h4-7,11H,3,8H2,1-2H3. The van der Waals surface area contributed by atoms with Crippen LogP contribution in [0.3, 0.4) is 0 Å². The number of benzene rings is 1. The second kappa shape index (κ2) is 4.91. The quantitative estimate of drug-likeness (QED) is 0.544. The Kier molecular flexibility index (Phi) is 3.77. The molecular weight excluding hydrogens is 150 g/mol. The van der Waals surface area contributed by atoms with E-state index in [9.17, 15) is 0 Å². The Morgan fingerprint density at radius 1 is 1.25 bits per heavy atom. The first-order chi connectivity index (χ1) is 5.83. The highest BCUT2D eigenvalue weighted by molar-refractivity contribution is 5.20. The molecule has 1 N–H and O–H groups in total. The summed E-state index contributed by atoms with van der Waals surface area (Å²) in [4.78, 5) is 5.02. The molecule has 0 bridgehead atoms. The van der Waals surface area contributed by atoms with Gasteiger partial charge in [0.2, 0.25) is 0 Å². The predicted molar refractivity (Wildman–Crippen MR) is 49.6 cm³/mol.